The molecule has 5 heteroatoms. The van der Waals surface area contributed by atoms with Gasteiger partial charge in [-0.25, -0.2) is 0 Å². The summed E-state index contributed by atoms with van der Waals surface area (Å²) >= 11 is 0. The van der Waals surface area contributed by atoms with Gasteiger partial charge in [0.1, 0.15) is 0 Å². The first-order valence-corrected chi connectivity index (χ1v) is 9.25. The van der Waals surface area contributed by atoms with E-state index in [-0.39, 0.29) is 12.5 Å². The van der Waals surface area contributed by atoms with Gasteiger partial charge < -0.3 is 15.2 Å². The molecular formula is C20H32N2O3. The van der Waals surface area contributed by atoms with E-state index in [1.165, 1.54) is 0 Å². The van der Waals surface area contributed by atoms with Crippen LogP contribution in [0.1, 0.15) is 49.5 Å². The molecule has 1 atom stereocenters. The Hall–Kier alpha value is -1.43. The molecule has 1 amide bonds. The monoisotopic (exact) mass is 348 g/mol. The minimum absolute atomic E-state index is 0.131. The van der Waals surface area contributed by atoms with Crippen molar-refractivity contribution in [2.24, 2.45) is 5.92 Å². The van der Waals surface area contributed by atoms with E-state index in [2.05, 4.69) is 24.1 Å². The zero-order chi connectivity index (χ0) is 18.3. The fraction of sp³-hybridized carbons (Fsp3) is 0.650. The van der Waals surface area contributed by atoms with Crippen LogP contribution in [-0.2, 0) is 11.3 Å². The van der Waals surface area contributed by atoms with Crippen LogP contribution in [0, 0.1) is 5.92 Å². The fourth-order valence-corrected chi connectivity index (χ4v) is 2.89. The lowest BCUT2D eigenvalue weighted by molar-refractivity contribution is 0.0341. The smallest absolute Gasteiger partial charge is 0.251 e. The number of benzene rings is 1. The van der Waals surface area contributed by atoms with Gasteiger partial charge in [0.2, 0.25) is 0 Å². The number of nitrogens with one attached hydrogen (secondary N) is 1. The van der Waals surface area contributed by atoms with E-state index in [4.69, 9.17) is 4.74 Å². The molecule has 0 aromatic heterocycles. The highest BCUT2D eigenvalue weighted by Crippen LogP contribution is 2.16. The second kappa shape index (κ2) is 9.32. The topological polar surface area (TPSA) is 61.8 Å². The summed E-state index contributed by atoms with van der Waals surface area (Å²) in [6.45, 7) is 10.5. The molecule has 5 nitrogen and oxygen atoms in total. The number of ether oxygens (including phenoxy) is 1. The van der Waals surface area contributed by atoms with Crippen LogP contribution >= 0.6 is 0 Å². The van der Waals surface area contributed by atoms with Crippen molar-refractivity contribution in [3.8, 4) is 0 Å². The summed E-state index contributed by atoms with van der Waals surface area (Å²) in [4.78, 5) is 14.7. The Morgan fingerprint density at radius 1 is 1.36 bits per heavy atom. The van der Waals surface area contributed by atoms with E-state index in [1.54, 1.807) is 6.92 Å². The minimum atomic E-state index is -0.870. The highest BCUT2D eigenvalue weighted by atomic mass is 16.5. The average Bonchev–Trinajstić information content (AvgIpc) is 2.59. The van der Waals surface area contributed by atoms with Gasteiger partial charge in [-0.1, -0.05) is 26.0 Å². The molecule has 0 saturated carbocycles. The molecular weight excluding hydrogens is 316 g/mol. The van der Waals surface area contributed by atoms with Crippen LogP contribution in [0.3, 0.4) is 0 Å². The quantitative estimate of drug-likeness (QED) is 0.757. The number of carbonyl (C=O) groups is 1. The molecule has 25 heavy (non-hydrogen) atoms. The zero-order valence-electron chi connectivity index (χ0n) is 15.8. The van der Waals surface area contributed by atoms with Gasteiger partial charge in [-0.3, -0.25) is 9.69 Å². The predicted molar refractivity (Wildman–Crippen MR) is 99.6 cm³/mol. The minimum Gasteiger partial charge on any atom is -0.388 e. The van der Waals surface area contributed by atoms with Crippen molar-refractivity contribution >= 4 is 5.91 Å². The maximum absolute atomic E-state index is 12.4. The van der Waals surface area contributed by atoms with Crippen molar-refractivity contribution in [3.05, 3.63) is 35.4 Å². The Labute approximate surface area is 151 Å². The molecule has 1 fully saturated rings. The number of carbonyl (C=O) groups excluding carboxylic acids is 1. The molecule has 1 unspecified atom stereocenters. The average molecular weight is 348 g/mol. The second-order valence-corrected chi connectivity index (χ2v) is 7.70. The van der Waals surface area contributed by atoms with Gasteiger partial charge in [-0.05, 0) is 43.4 Å². The second-order valence-electron chi connectivity index (χ2n) is 7.70. The van der Waals surface area contributed by atoms with Gasteiger partial charge in [0.25, 0.3) is 5.91 Å². The van der Waals surface area contributed by atoms with Crippen LogP contribution in [-0.4, -0.2) is 54.4 Å². The summed E-state index contributed by atoms with van der Waals surface area (Å²) in [6, 6.07) is 7.72. The van der Waals surface area contributed by atoms with Crippen molar-refractivity contribution in [3.63, 3.8) is 0 Å². The lowest BCUT2D eigenvalue weighted by Gasteiger charge is -2.26. The summed E-state index contributed by atoms with van der Waals surface area (Å²) in [6.07, 6.45) is 1.62. The van der Waals surface area contributed by atoms with Crippen LogP contribution in [0.2, 0.25) is 0 Å². The number of aliphatic hydroxyl groups is 1. The molecule has 1 aliphatic heterocycles. The van der Waals surface area contributed by atoms with Gasteiger partial charge in [-0.2, -0.15) is 0 Å². The summed E-state index contributed by atoms with van der Waals surface area (Å²) in [5.41, 5.74) is 0.900. The number of hydrogen-bond donors (Lipinski definition) is 2. The van der Waals surface area contributed by atoms with Crippen LogP contribution in [0.15, 0.2) is 24.3 Å². The Bertz CT molecular complexity index is 552. The third-order valence-electron chi connectivity index (χ3n) is 4.59. The first-order valence-electron chi connectivity index (χ1n) is 9.25. The number of morpholine rings is 1. The van der Waals surface area contributed by atoms with Gasteiger partial charge in [0, 0.05) is 31.7 Å². The summed E-state index contributed by atoms with van der Waals surface area (Å²) in [7, 11) is 0. The predicted octanol–water partition coefficient (Wildman–Crippen LogP) is 2.44. The molecule has 1 heterocycles. The van der Waals surface area contributed by atoms with E-state index < -0.39 is 5.60 Å². The van der Waals surface area contributed by atoms with Crippen molar-refractivity contribution in [1.29, 1.82) is 0 Å². The molecule has 1 aromatic carbocycles. The van der Waals surface area contributed by atoms with E-state index >= 15 is 0 Å². The van der Waals surface area contributed by atoms with Crippen LogP contribution in [0.25, 0.3) is 0 Å². The van der Waals surface area contributed by atoms with Crippen LogP contribution in [0.5, 0.6) is 0 Å². The van der Waals surface area contributed by atoms with Crippen LogP contribution < -0.4 is 5.32 Å². The zero-order valence-corrected chi connectivity index (χ0v) is 15.8. The molecule has 1 saturated heterocycles. The molecule has 1 aliphatic rings. The maximum Gasteiger partial charge on any atom is 0.251 e. The normalized spacial score (nSPS) is 18.1. The van der Waals surface area contributed by atoms with Crippen molar-refractivity contribution in [2.45, 2.75) is 45.8 Å². The van der Waals surface area contributed by atoms with Gasteiger partial charge in [-0.15, -0.1) is 0 Å². The van der Waals surface area contributed by atoms with E-state index in [1.807, 2.05) is 24.3 Å². The van der Waals surface area contributed by atoms with Crippen molar-refractivity contribution in [1.82, 2.24) is 10.2 Å². The Kier molecular flexibility index (Phi) is 7.41. The lowest BCUT2D eigenvalue weighted by atomic mass is 9.95. The SMILES string of the molecule is CC(C)CCC(C)(O)CNC(=O)c1cccc(CN2CCOCC2)c1. The van der Waals surface area contributed by atoms with E-state index in [9.17, 15) is 9.90 Å². The molecule has 0 radical (unpaired) electrons. The Morgan fingerprint density at radius 2 is 2.08 bits per heavy atom. The molecule has 1 aromatic rings. The summed E-state index contributed by atoms with van der Waals surface area (Å²) in [5.74, 6) is 0.410. The highest BCUT2D eigenvalue weighted by Gasteiger charge is 2.22. The van der Waals surface area contributed by atoms with E-state index in [0.717, 1.165) is 44.8 Å². The number of amides is 1. The first-order chi connectivity index (χ1) is 11.9. The van der Waals surface area contributed by atoms with Gasteiger partial charge >= 0.3 is 0 Å². The summed E-state index contributed by atoms with van der Waals surface area (Å²) in [5, 5.41) is 13.3. The van der Waals surface area contributed by atoms with Gasteiger partial charge in [0.05, 0.1) is 18.8 Å². The highest BCUT2D eigenvalue weighted by molar-refractivity contribution is 5.94. The number of rotatable bonds is 8. The van der Waals surface area contributed by atoms with Crippen LogP contribution in [0.4, 0.5) is 0 Å². The van der Waals surface area contributed by atoms with Crippen molar-refractivity contribution < 1.29 is 14.6 Å². The summed E-state index contributed by atoms with van der Waals surface area (Å²) < 4.78 is 5.37. The first kappa shape index (κ1) is 19.9. The number of nitrogens with zero attached hydrogens (tertiary/aromatic N) is 1. The van der Waals surface area contributed by atoms with Gasteiger partial charge in [0.15, 0.2) is 0 Å². The maximum atomic E-state index is 12.4. The molecule has 2 N–H and O–H groups in total. The molecule has 140 valence electrons. The number of hydrogen-bond acceptors (Lipinski definition) is 4. The molecule has 0 aliphatic carbocycles. The van der Waals surface area contributed by atoms with E-state index in [0.29, 0.717) is 17.9 Å². The van der Waals surface area contributed by atoms with Crippen molar-refractivity contribution in [2.75, 3.05) is 32.8 Å². The lowest BCUT2D eigenvalue weighted by Crippen LogP contribution is -2.40. The molecule has 0 spiro atoms. The molecule has 0 bridgehead atoms. The fourth-order valence-electron chi connectivity index (χ4n) is 2.89. The Morgan fingerprint density at radius 3 is 2.76 bits per heavy atom. The third-order valence-corrected chi connectivity index (χ3v) is 4.59. The largest absolute Gasteiger partial charge is 0.388 e. The third kappa shape index (κ3) is 7.14. The standard InChI is InChI=1S/C20H32N2O3/c1-16(2)7-8-20(3,24)15-21-19(23)18-6-4-5-17(13-18)14-22-9-11-25-12-10-22/h4-6,13,16,24H,7-12,14-15H2,1-3H3,(H,21,23). The molecule has 2 rings (SSSR count). The Balaban J connectivity index is 1.87.